The highest BCUT2D eigenvalue weighted by atomic mass is 15.1. The van der Waals surface area contributed by atoms with Crippen LogP contribution in [0.15, 0.2) is 131 Å². The molecule has 0 N–H and O–H groups in total. The Morgan fingerprint density at radius 3 is 1.03 bits per heavy atom. The van der Waals surface area contributed by atoms with Crippen molar-refractivity contribution in [1.82, 2.24) is 0 Å². The van der Waals surface area contributed by atoms with Crippen molar-refractivity contribution in [3.05, 3.63) is 144 Å². The topological polar surface area (TPSA) is 24.7 Å². The molecule has 1 aliphatic heterocycles. The van der Waals surface area contributed by atoms with E-state index in [9.17, 15) is 0 Å². The third kappa shape index (κ3) is 3.09. The van der Waals surface area contributed by atoms with E-state index in [0.717, 1.165) is 33.7 Å². The van der Waals surface area contributed by atoms with E-state index in [-0.39, 0.29) is 0 Å². The van der Waals surface area contributed by atoms with Gasteiger partial charge in [-0.2, -0.15) is 0 Å². The van der Waals surface area contributed by atoms with Crippen LogP contribution < -0.4 is 0 Å². The molecule has 2 nitrogen and oxygen atoms in total. The molecule has 0 aliphatic carbocycles. The number of hydrogen-bond donors (Lipinski definition) is 0. The fraction of sp³-hybridized carbons (Fsp3) is 0.0370. The van der Waals surface area contributed by atoms with Crippen LogP contribution in [0.3, 0.4) is 0 Å². The van der Waals surface area contributed by atoms with Gasteiger partial charge < -0.3 is 0 Å². The summed E-state index contributed by atoms with van der Waals surface area (Å²) in [6.45, 7) is 0. The molecular formula is C27H20N2. The molecule has 0 saturated heterocycles. The Labute approximate surface area is 170 Å². The first kappa shape index (κ1) is 17.3. The molecule has 138 valence electrons. The minimum Gasteiger partial charge on any atom is -0.243 e. The first-order valence-electron chi connectivity index (χ1n) is 9.79. The number of hydrogen-bond acceptors (Lipinski definition) is 2. The van der Waals surface area contributed by atoms with Gasteiger partial charge in [0.1, 0.15) is 0 Å². The van der Waals surface area contributed by atoms with E-state index in [1.807, 2.05) is 72.8 Å². The Hall–Kier alpha value is -3.78. The van der Waals surface area contributed by atoms with Crippen molar-refractivity contribution < 1.29 is 0 Å². The molecule has 29 heavy (non-hydrogen) atoms. The molecule has 1 heterocycles. The third-order valence-corrected chi connectivity index (χ3v) is 5.22. The Balaban J connectivity index is 1.81. The molecule has 0 aromatic heterocycles. The standard InChI is InChI=1S/C27H20N2/c1-5-13-21(14-6-1)25-26(22-15-7-2-8-16-22)29-27(28-25,23-17-9-3-10-18-23)24-19-11-4-12-20-24/h1-20H. The third-order valence-electron chi connectivity index (χ3n) is 5.22. The second-order valence-electron chi connectivity index (χ2n) is 7.06. The predicted molar refractivity (Wildman–Crippen MR) is 120 cm³/mol. The Morgan fingerprint density at radius 1 is 0.379 bits per heavy atom. The minimum absolute atomic E-state index is 0.793. The molecule has 0 atom stereocenters. The highest BCUT2D eigenvalue weighted by Gasteiger charge is 2.40. The Bertz CT molecular complexity index is 1070. The van der Waals surface area contributed by atoms with Crippen LogP contribution in [-0.4, -0.2) is 11.4 Å². The van der Waals surface area contributed by atoms with Crippen LogP contribution in [0, 0.1) is 0 Å². The fourth-order valence-electron chi connectivity index (χ4n) is 3.82. The van der Waals surface area contributed by atoms with Crippen molar-refractivity contribution >= 4 is 11.4 Å². The molecule has 0 bridgehead atoms. The van der Waals surface area contributed by atoms with E-state index in [1.165, 1.54) is 0 Å². The van der Waals surface area contributed by atoms with Crippen molar-refractivity contribution in [2.45, 2.75) is 5.66 Å². The molecule has 1 aliphatic rings. The van der Waals surface area contributed by atoms with Gasteiger partial charge in [0.2, 0.25) is 5.66 Å². The average Bonchev–Trinajstić information content (AvgIpc) is 3.24. The average molecular weight is 372 g/mol. The second-order valence-corrected chi connectivity index (χ2v) is 7.06. The summed E-state index contributed by atoms with van der Waals surface area (Å²) in [5, 5.41) is 0. The largest absolute Gasteiger partial charge is 0.243 e. The Kier molecular flexibility index (Phi) is 4.38. The van der Waals surface area contributed by atoms with Crippen molar-refractivity contribution in [1.29, 1.82) is 0 Å². The zero-order valence-corrected chi connectivity index (χ0v) is 15.9. The van der Waals surface area contributed by atoms with Gasteiger partial charge in [-0.05, 0) is 0 Å². The summed E-state index contributed by atoms with van der Waals surface area (Å²) in [6, 6.07) is 41.3. The summed E-state index contributed by atoms with van der Waals surface area (Å²) in [6.07, 6.45) is 0. The van der Waals surface area contributed by atoms with Gasteiger partial charge in [-0.3, -0.25) is 0 Å². The molecule has 0 fully saturated rings. The Morgan fingerprint density at radius 2 is 0.690 bits per heavy atom. The normalized spacial score (nSPS) is 14.9. The number of rotatable bonds is 4. The molecule has 2 heteroatoms. The van der Waals surface area contributed by atoms with Gasteiger partial charge in [0.15, 0.2) is 0 Å². The maximum Gasteiger partial charge on any atom is 0.202 e. The van der Waals surface area contributed by atoms with E-state index in [4.69, 9.17) is 9.98 Å². The summed E-state index contributed by atoms with van der Waals surface area (Å²) in [5.41, 5.74) is 5.32. The molecule has 5 rings (SSSR count). The molecule has 4 aromatic rings. The van der Waals surface area contributed by atoms with Gasteiger partial charge >= 0.3 is 0 Å². The van der Waals surface area contributed by atoms with Crippen LogP contribution in [0.25, 0.3) is 0 Å². The van der Waals surface area contributed by atoms with Crippen LogP contribution in [0.5, 0.6) is 0 Å². The predicted octanol–water partition coefficient (Wildman–Crippen LogP) is 5.88. The number of nitrogens with zero attached hydrogens (tertiary/aromatic N) is 2. The molecule has 0 spiro atoms. The zero-order valence-electron chi connectivity index (χ0n) is 15.9. The van der Waals surface area contributed by atoms with E-state index >= 15 is 0 Å². The van der Waals surface area contributed by atoms with Gasteiger partial charge in [-0.15, -0.1) is 0 Å². The minimum atomic E-state index is -0.793. The number of benzene rings is 4. The van der Waals surface area contributed by atoms with Crippen LogP contribution in [-0.2, 0) is 5.66 Å². The summed E-state index contributed by atoms with van der Waals surface area (Å²) < 4.78 is 0. The molecule has 0 saturated carbocycles. The van der Waals surface area contributed by atoms with E-state index in [2.05, 4.69) is 48.5 Å². The molecular weight excluding hydrogens is 352 g/mol. The van der Waals surface area contributed by atoms with Gasteiger partial charge in [-0.1, -0.05) is 121 Å². The fourth-order valence-corrected chi connectivity index (χ4v) is 3.82. The zero-order chi connectivity index (χ0) is 19.5. The summed E-state index contributed by atoms with van der Waals surface area (Å²) in [5.74, 6) is 0. The molecule has 4 aromatic carbocycles. The summed E-state index contributed by atoms with van der Waals surface area (Å²) in [4.78, 5) is 10.6. The second kappa shape index (κ2) is 7.33. The smallest absolute Gasteiger partial charge is 0.202 e. The summed E-state index contributed by atoms with van der Waals surface area (Å²) >= 11 is 0. The van der Waals surface area contributed by atoms with E-state index < -0.39 is 5.66 Å². The summed E-state index contributed by atoms with van der Waals surface area (Å²) in [7, 11) is 0. The quantitative estimate of drug-likeness (QED) is 0.427. The lowest BCUT2D eigenvalue weighted by atomic mass is 9.92. The van der Waals surface area contributed by atoms with E-state index in [1.54, 1.807) is 0 Å². The maximum absolute atomic E-state index is 5.30. The van der Waals surface area contributed by atoms with Crippen molar-refractivity contribution in [3.63, 3.8) is 0 Å². The number of aliphatic imine (C=N–C) groups is 2. The monoisotopic (exact) mass is 372 g/mol. The van der Waals surface area contributed by atoms with Gasteiger partial charge in [0, 0.05) is 22.3 Å². The van der Waals surface area contributed by atoms with Gasteiger partial charge in [0.25, 0.3) is 0 Å². The van der Waals surface area contributed by atoms with Crippen LogP contribution in [0.1, 0.15) is 22.3 Å². The highest BCUT2D eigenvalue weighted by Crippen LogP contribution is 2.40. The van der Waals surface area contributed by atoms with Crippen LogP contribution in [0.4, 0.5) is 0 Å². The van der Waals surface area contributed by atoms with Crippen LogP contribution in [0.2, 0.25) is 0 Å². The van der Waals surface area contributed by atoms with E-state index in [0.29, 0.717) is 0 Å². The SMILES string of the molecule is c1ccc(C2=NC(c3ccccc3)(c3ccccc3)N=C2c2ccccc2)cc1. The van der Waals surface area contributed by atoms with Crippen molar-refractivity contribution in [3.8, 4) is 0 Å². The van der Waals surface area contributed by atoms with Crippen LogP contribution >= 0.6 is 0 Å². The molecule has 0 unspecified atom stereocenters. The highest BCUT2D eigenvalue weighted by molar-refractivity contribution is 6.54. The lowest BCUT2D eigenvalue weighted by Crippen LogP contribution is -2.21. The molecule has 0 amide bonds. The lowest BCUT2D eigenvalue weighted by molar-refractivity contribution is 0.589. The van der Waals surface area contributed by atoms with Gasteiger partial charge in [0.05, 0.1) is 11.4 Å². The lowest BCUT2D eigenvalue weighted by Gasteiger charge is -2.24. The maximum atomic E-state index is 5.30. The van der Waals surface area contributed by atoms with Gasteiger partial charge in [-0.25, -0.2) is 9.98 Å². The first-order valence-corrected chi connectivity index (χ1v) is 9.79. The molecule has 0 radical (unpaired) electrons. The van der Waals surface area contributed by atoms with Crippen molar-refractivity contribution in [2.75, 3.05) is 0 Å². The van der Waals surface area contributed by atoms with Crippen molar-refractivity contribution in [2.24, 2.45) is 9.98 Å². The first-order chi connectivity index (χ1) is 14.4.